The van der Waals surface area contributed by atoms with Crippen molar-refractivity contribution in [2.45, 2.75) is 27.1 Å². The molecule has 0 radical (unpaired) electrons. The van der Waals surface area contributed by atoms with Crippen LogP contribution in [0.15, 0.2) is 24.4 Å². The van der Waals surface area contributed by atoms with E-state index in [1.165, 1.54) is 0 Å². The molecular formula is C13H17N3O2. The molecule has 0 spiro atoms. The zero-order valence-corrected chi connectivity index (χ0v) is 10.8. The van der Waals surface area contributed by atoms with Crippen LogP contribution in [-0.2, 0) is 4.74 Å². The van der Waals surface area contributed by atoms with Gasteiger partial charge in [-0.3, -0.25) is 4.57 Å². The van der Waals surface area contributed by atoms with Crippen LogP contribution in [0.4, 0.5) is 0 Å². The molecule has 0 amide bonds. The monoisotopic (exact) mass is 247 g/mol. The van der Waals surface area contributed by atoms with E-state index in [-0.39, 0.29) is 0 Å². The molecule has 0 aliphatic heterocycles. The van der Waals surface area contributed by atoms with E-state index in [0.717, 1.165) is 17.3 Å². The number of hydrogen-bond acceptors (Lipinski definition) is 4. The van der Waals surface area contributed by atoms with Gasteiger partial charge in [-0.25, -0.2) is 9.97 Å². The summed E-state index contributed by atoms with van der Waals surface area (Å²) in [5.74, 6) is 1.56. The Morgan fingerprint density at radius 1 is 1.39 bits per heavy atom. The molecule has 1 unspecified atom stereocenters. The van der Waals surface area contributed by atoms with E-state index in [0.29, 0.717) is 12.3 Å². The number of hydrogen-bond donors (Lipinski definition) is 1. The lowest BCUT2D eigenvalue weighted by molar-refractivity contribution is -0.101. The second-order valence-electron chi connectivity index (χ2n) is 3.96. The van der Waals surface area contributed by atoms with Crippen LogP contribution in [0.1, 0.15) is 30.4 Å². The Hall–Kier alpha value is -1.72. The van der Waals surface area contributed by atoms with Gasteiger partial charge in [-0.1, -0.05) is 6.07 Å². The summed E-state index contributed by atoms with van der Waals surface area (Å²) in [4.78, 5) is 8.64. The molecule has 5 nitrogen and oxygen atoms in total. The van der Waals surface area contributed by atoms with Crippen molar-refractivity contribution < 1.29 is 9.84 Å². The van der Waals surface area contributed by atoms with E-state index in [1.807, 2.05) is 43.5 Å². The van der Waals surface area contributed by atoms with Gasteiger partial charge in [0.2, 0.25) is 0 Å². The number of pyridine rings is 1. The maximum Gasteiger partial charge on any atom is 0.200 e. The fourth-order valence-corrected chi connectivity index (χ4v) is 1.96. The van der Waals surface area contributed by atoms with Crippen molar-refractivity contribution in [3.8, 4) is 5.82 Å². The van der Waals surface area contributed by atoms with E-state index in [9.17, 15) is 5.11 Å². The fraction of sp³-hybridized carbons (Fsp3) is 0.385. The van der Waals surface area contributed by atoms with Gasteiger partial charge in [0, 0.05) is 18.5 Å². The number of nitrogens with zero attached hydrogens (tertiary/aromatic N) is 3. The Labute approximate surface area is 106 Å². The molecule has 2 heterocycles. The molecule has 18 heavy (non-hydrogen) atoms. The van der Waals surface area contributed by atoms with Crippen LogP contribution < -0.4 is 0 Å². The summed E-state index contributed by atoms with van der Waals surface area (Å²) in [5.41, 5.74) is 1.38. The third-order valence-electron chi connectivity index (χ3n) is 2.75. The SMILES string of the molecule is CCOC(O)c1nc(C)n(-c2ccccn2)c1C. The van der Waals surface area contributed by atoms with Gasteiger partial charge in [-0.2, -0.15) is 0 Å². The quantitative estimate of drug-likeness (QED) is 0.838. The summed E-state index contributed by atoms with van der Waals surface area (Å²) in [6.45, 7) is 6.05. The average molecular weight is 247 g/mol. The van der Waals surface area contributed by atoms with E-state index < -0.39 is 6.29 Å². The van der Waals surface area contributed by atoms with E-state index in [4.69, 9.17) is 4.74 Å². The second kappa shape index (κ2) is 5.29. The first kappa shape index (κ1) is 12.7. The molecule has 0 saturated carbocycles. The van der Waals surface area contributed by atoms with E-state index >= 15 is 0 Å². The molecule has 2 aromatic rings. The van der Waals surface area contributed by atoms with Gasteiger partial charge in [0.05, 0.1) is 0 Å². The standard InChI is InChI=1S/C13H17N3O2/c1-4-18-13(17)12-9(2)16(10(3)15-12)11-7-5-6-8-14-11/h5-8,13,17H,4H2,1-3H3. The Bertz CT molecular complexity index is 523. The average Bonchev–Trinajstić information content (AvgIpc) is 2.66. The van der Waals surface area contributed by atoms with Crippen LogP contribution in [-0.4, -0.2) is 26.2 Å². The first-order valence-electron chi connectivity index (χ1n) is 5.92. The molecular weight excluding hydrogens is 230 g/mol. The molecule has 5 heteroatoms. The molecule has 0 aliphatic rings. The zero-order chi connectivity index (χ0) is 13.1. The van der Waals surface area contributed by atoms with Crippen LogP contribution in [0.5, 0.6) is 0 Å². The maximum absolute atomic E-state index is 9.87. The topological polar surface area (TPSA) is 60.2 Å². The van der Waals surface area contributed by atoms with Crippen molar-refractivity contribution in [1.29, 1.82) is 0 Å². The number of aromatic nitrogens is 3. The van der Waals surface area contributed by atoms with Gasteiger partial charge in [-0.15, -0.1) is 0 Å². The van der Waals surface area contributed by atoms with Gasteiger partial charge in [0.25, 0.3) is 0 Å². The molecule has 2 rings (SSSR count). The molecule has 96 valence electrons. The minimum absolute atomic E-state index is 0.441. The zero-order valence-electron chi connectivity index (χ0n) is 10.8. The summed E-state index contributed by atoms with van der Waals surface area (Å²) in [6, 6.07) is 5.68. The summed E-state index contributed by atoms with van der Waals surface area (Å²) in [6.07, 6.45) is 0.742. The van der Waals surface area contributed by atoms with Crippen LogP contribution in [0.3, 0.4) is 0 Å². The maximum atomic E-state index is 9.87. The molecule has 1 atom stereocenters. The molecule has 2 aromatic heterocycles. The largest absolute Gasteiger partial charge is 0.363 e. The Balaban J connectivity index is 2.45. The third kappa shape index (κ3) is 2.27. The van der Waals surface area contributed by atoms with Crippen molar-refractivity contribution in [1.82, 2.24) is 14.5 Å². The number of aryl methyl sites for hydroxylation is 1. The molecule has 1 N–H and O–H groups in total. The number of aliphatic hydroxyl groups is 1. The van der Waals surface area contributed by atoms with Crippen molar-refractivity contribution in [2.24, 2.45) is 0 Å². The number of rotatable bonds is 4. The van der Waals surface area contributed by atoms with Crippen LogP contribution in [0.25, 0.3) is 5.82 Å². The number of ether oxygens (including phenoxy) is 1. The Kier molecular flexibility index (Phi) is 3.74. The predicted molar refractivity (Wildman–Crippen MR) is 67.4 cm³/mol. The summed E-state index contributed by atoms with van der Waals surface area (Å²) >= 11 is 0. The van der Waals surface area contributed by atoms with Crippen LogP contribution >= 0.6 is 0 Å². The van der Waals surface area contributed by atoms with Crippen LogP contribution in [0, 0.1) is 13.8 Å². The highest BCUT2D eigenvalue weighted by molar-refractivity contribution is 5.31. The van der Waals surface area contributed by atoms with E-state index in [1.54, 1.807) is 6.20 Å². The highest BCUT2D eigenvalue weighted by Gasteiger charge is 2.19. The van der Waals surface area contributed by atoms with Gasteiger partial charge in [-0.05, 0) is 32.9 Å². The van der Waals surface area contributed by atoms with Crippen molar-refractivity contribution >= 4 is 0 Å². The van der Waals surface area contributed by atoms with Gasteiger partial charge < -0.3 is 9.84 Å². The van der Waals surface area contributed by atoms with Crippen molar-refractivity contribution in [3.63, 3.8) is 0 Å². The minimum atomic E-state index is -0.987. The van der Waals surface area contributed by atoms with Gasteiger partial charge >= 0.3 is 0 Å². The Morgan fingerprint density at radius 2 is 2.17 bits per heavy atom. The first-order chi connectivity index (χ1) is 8.65. The van der Waals surface area contributed by atoms with E-state index in [2.05, 4.69) is 9.97 Å². The first-order valence-corrected chi connectivity index (χ1v) is 5.92. The van der Waals surface area contributed by atoms with Crippen LogP contribution in [0.2, 0.25) is 0 Å². The van der Waals surface area contributed by atoms with Gasteiger partial charge in [0.1, 0.15) is 17.3 Å². The van der Waals surface area contributed by atoms with Crippen molar-refractivity contribution in [2.75, 3.05) is 6.61 Å². The lowest BCUT2D eigenvalue weighted by Gasteiger charge is -2.10. The third-order valence-corrected chi connectivity index (χ3v) is 2.75. The molecule has 0 fully saturated rings. The second-order valence-corrected chi connectivity index (χ2v) is 3.96. The lowest BCUT2D eigenvalue weighted by Crippen LogP contribution is -2.06. The smallest absolute Gasteiger partial charge is 0.200 e. The minimum Gasteiger partial charge on any atom is -0.363 e. The predicted octanol–water partition coefficient (Wildman–Crippen LogP) is 1.91. The molecule has 0 bridgehead atoms. The normalized spacial score (nSPS) is 12.7. The molecule has 0 saturated heterocycles. The fourth-order valence-electron chi connectivity index (χ4n) is 1.96. The summed E-state index contributed by atoms with van der Waals surface area (Å²) < 4.78 is 7.07. The van der Waals surface area contributed by atoms with Gasteiger partial charge in [0.15, 0.2) is 6.29 Å². The lowest BCUT2D eigenvalue weighted by atomic mass is 10.3. The number of aliphatic hydroxyl groups excluding tert-OH is 1. The highest BCUT2D eigenvalue weighted by atomic mass is 16.6. The summed E-state index contributed by atoms with van der Waals surface area (Å²) in [7, 11) is 0. The molecule has 0 aliphatic carbocycles. The Morgan fingerprint density at radius 3 is 2.78 bits per heavy atom. The highest BCUT2D eigenvalue weighted by Crippen LogP contribution is 2.21. The summed E-state index contributed by atoms with van der Waals surface area (Å²) in [5, 5.41) is 9.87. The number of imidazole rings is 1. The molecule has 0 aromatic carbocycles. The van der Waals surface area contributed by atoms with Crippen molar-refractivity contribution in [3.05, 3.63) is 41.6 Å².